The summed E-state index contributed by atoms with van der Waals surface area (Å²) < 4.78 is 5.60. The summed E-state index contributed by atoms with van der Waals surface area (Å²) in [5, 5.41) is 21.0. The summed E-state index contributed by atoms with van der Waals surface area (Å²) in [4.78, 5) is 0. The molecule has 0 aromatic carbocycles. The van der Waals surface area contributed by atoms with E-state index >= 15 is 0 Å². The average molecular weight is 477 g/mol. The van der Waals surface area contributed by atoms with E-state index in [4.69, 9.17) is 0 Å². The minimum absolute atomic E-state index is 0.0767. The van der Waals surface area contributed by atoms with Crippen LogP contribution < -0.4 is 0 Å². The molecule has 0 aliphatic heterocycles. The number of aliphatic hydroxyl groups excluding tert-OH is 1. The van der Waals surface area contributed by atoms with E-state index in [9.17, 15) is 10.2 Å². The van der Waals surface area contributed by atoms with Gasteiger partial charge in [0.15, 0.2) is 0 Å². The fourth-order valence-electron chi connectivity index (χ4n) is 3.99. The number of aliphatic hydroxyl groups is 2. The molecule has 2 N–H and O–H groups in total. The molecule has 0 spiro atoms. The summed E-state index contributed by atoms with van der Waals surface area (Å²) in [6.07, 6.45) is 8.16. The molecular formula is C21H46O2SiSn. The predicted molar refractivity (Wildman–Crippen MR) is 119 cm³/mol. The number of hydrogen-bond acceptors (Lipinski definition) is 2. The monoisotopic (exact) mass is 478 g/mol. The maximum atomic E-state index is 11.4. The van der Waals surface area contributed by atoms with Crippen molar-refractivity contribution in [2.24, 2.45) is 0 Å². The van der Waals surface area contributed by atoms with Gasteiger partial charge in [0, 0.05) is 0 Å². The molecule has 0 amide bonds. The van der Waals surface area contributed by atoms with Crippen LogP contribution in [0.1, 0.15) is 72.6 Å². The van der Waals surface area contributed by atoms with Crippen molar-refractivity contribution in [2.45, 2.75) is 111 Å². The predicted octanol–water partition coefficient (Wildman–Crippen LogP) is 6.31. The fourth-order valence-corrected chi connectivity index (χ4v) is 28.7. The summed E-state index contributed by atoms with van der Waals surface area (Å²) in [7, 11) is -1.44. The minimum atomic E-state index is -2.67. The zero-order chi connectivity index (χ0) is 19.6. The molecule has 0 bridgehead atoms. The van der Waals surface area contributed by atoms with Crippen molar-refractivity contribution in [1.29, 1.82) is 0 Å². The van der Waals surface area contributed by atoms with E-state index in [1.807, 2.05) is 6.92 Å². The van der Waals surface area contributed by atoms with E-state index in [1.54, 1.807) is 0 Å². The molecule has 0 aromatic heterocycles. The molecule has 0 radical (unpaired) electrons. The van der Waals surface area contributed by atoms with Gasteiger partial charge in [0.2, 0.25) is 0 Å². The molecule has 25 heavy (non-hydrogen) atoms. The standard InChI is InChI=1S/C9H19O2Si.3C4H9.Sn/c1-9(11,5-7-10)6-8-12(2,3)4;3*1-3-4-2;/h8,10-11H,5,7H2,1-4H3;3*1,3-4H2,2H3;/t9-;;;;/m1..../s1. The maximum absolute atomic E-state index is 11.4. The van der Waals surface area contributed by atoms with Crippen molar-refractivity contribution in [3.8, 4) is 0 Å². The molecule has 0 rings (SSSR count). The van der Waals surface area contributed by atoms with Crippen LogP contribution in [-0.4, -0.2) is 48.9 Å². The number of unbranched alkanes of at least 4 members (excludes halogenated alkanes) is 3. The van der Waals surface area contributed by atoms with Gasteiger partial charge in [0.1, 0.15) is 0 Å². The van der Waals surface area contributed by atoms with Gasteiger partial charge in [-0.3, -0.25) is 0 Å². The Morgan fingerprint density at radius 3 is 1.60 bits per heavy atom. The third-order valence-corrected chi connectivity index (χ3v) is 23.8. The fraction of sp³-hybridized carbons (Fsp3) is 0.905. The summed E-state index contributed by atoms with van der Waals surface area (Å²) >= 11 is -2.67. The van der Waals surface area contributed by atoms with Gasteiger partial charge in [-0.1, -0.05) is 0 Å². The van der Waals surface area contributed by atoms with E-state index in [2.05, 4.69) is 46.1 Å². The average Bonchev–Trinajstić information content (AvgIpc) is 2.52. The third kappa shape index (κ3) is 9.43. The summed E-state index contributed by atoms with van der Waals surface area (Å²) in [6, 6.07) is 0. The first kappa shape index (κ1) is 25.7. The molecule has 1 atom stereocenters. The molecule has 0 fully saturated rings. The first-order chi connectivity index (χ1) is 11.6. The van der Waals surface area contributed by atoms with Gasteiger partial charge in [-0.2, -0.15) is 0 Å². The molecule has 0 saturated carbocycles. The molecule has 0 aliphatic carbocycles. The molecule has 0 saturated heterocycles. The number of hydrogen-bond donors (Lipinski definition) is 2. The van der Waals surface area contributed by atoms with Crippen LogP contribution in [0.25, 0.3) is 0 Å². The Morgan fingerprint density at radius 1 is 0.920 bits per heavy atom. The molecule has 150 valence electrons. The first-order valence-electron chi connectivity index (χ1n) is 10.7. The van der Waals surface area contributed by atoms with Crippen molar-refractivity contribution in [1.82, 2.24) is 0 Å². The van der Waals surface area contributed by atoms with Gasteiger partial charge in [-0.15, -0.1) is 0 Å². The summed E-state index contributed by atoms with van der Waals surface area (Å²) in [6.45, 7) is 16.1. The second kappa shape index (κ2) is 12.2. The van der Waals surface area contributed by atoms with Crippen LogP contribution in [-0.2, 0) is 0 Å². The molecular weight excluding hydrogens is 431 g/mol. The Bertz CT molecular complexity index is 364. The Kier molecular flexibility index (Phi) is 12.5. The van der Waals surface area contributed by atoms with Crippen molar-refractivity contribution in [3.05, 3.63) is 9.29 Å². The van der Waals surface area contributed by atoms with Crippen molar-refractivity contribution < 1.29 is 10.2 Å². The Morgan fingerprint density at radius 2 is 1.32 bits per heavy atom. The molecule has 4 heteroatoms. The van der Waals surface area contributed by atoms with Crippen molar-refractivity contribution in [2.75, 3.05) is 6.61 Å². The Hall–Kier alpha value is 0.676. The molecule has 2 nitrogen and oxygen atoms in total. The summed E-state index contributed by atoms with van der Waals surface area (Å²) in [5.74, 6) is 0. The van der Waals surface area contributed by atoms with Gasteiger partial charge in [-0.25, -0.2) is 0 Å². The number of rotatable bonds is 14. The Labute approximate surface area is 163 Å². The summed E-state index contributed by atoms with van der Waals surface area (Å²) in [5.41, 5.74) is 1.75. The second-order valence-corrected chi connectivity index (χ2v) is 27.4. The van der Waals surface area contributed by atoms with Gasteiger partial charge >= 0.3 is 164 Å². The molecule has 0 aromatic rings. The van der Waals surface area contributed by atoms with E-state index in [0.29, 0.717) is 6.42 Å². The molecule has 0 heterocycles. The SMILES string of the molecule is CCC[CH2][Sn]([CH2]CCC)([CH2]CCC)[C](=C[Si](C)(C)C)[C@](C)(O)CCO. The van der Waals surface area contributed by atoms with Crippen LogP contribution in [0.4, 0.5) is 0 Å². The van der Waals surface area contributed by atoms with Gasteiger partial charge in [0.05, 0.1) is 0 Å². The van der Waals surface area contributed by atoms with E-state index in [0.717, 1.165) is 0 Å². The van der Waals surface area contributed by atoms with Crippen LogP contribution in [0.2, 0.25) is 33.0 Å². The van der Waals surface area contributed by atoms with Crippen LogP contribution in [0.5, 0.6) is 0 Å². The normalized spacial score (nSPS) is 16.1. The van der Waals surface area contributed by atoms with Crippen molar-refractivity contribution >= 4 is 26.5 Å². The van der Waals surface area contributed by atoms with Crippen LogP contribution in [0, 0.1) is 0 Å². The van der Waals surface area contributed by atoms with Crippen LogP contribution >= 0.6 is 0 Å². The third-order valence-electron chi connectivity index (χ3n) is 5.35. The zero-order valence-electron chi connectivity index (χ0n) is 18.2. The Balaban J connectivity index is 6.19. The first-order valence-corrected chi connectivity index (χ1v) is 21.7. The van der Waals surface area contributed by atoms with E-state index in [-0.39, 0.29) is 6.61 Å². The second-order valence-electron chi connectivity index (χ2n) is 9.26. The van der Waals surface area contributed by atoms with Crippen molar-refractivity contribution in [3.63, 3.8) is 0 Å². The van der Waals surface area contributed by atoms with Gasteiger partial charge < -0.3 is 0 Å². The van der Waals surface area contributed by atoms with Gasteiger partial charge in [0.25, 0.3) is 0 Å². The topological polar surface area (TPSA) is 40.5 Å². The van der Waals surface area contributed by atoms with Gasteiger partial charge in [-0.05, 0) is 0 Å². The zero-order valence-corrected chi connectivity index (χ0v) is 22.1. The van der Waals surface area contributed by atoms with Crippen LogP contribution in [0.15, 0.2) is 9.29 Å². The van der Waals surface area contributed by atoms with E-state index in [1.165, 1.54) is 55.4 Å². The molecule has 0 aliphatic rings. The van der Waals surface area contributed by atoms with E-state index < -0.39 is 32.1 Å². The van der Waals surface area contributed by atoms with Crippen LogP contribution in [0.3, 0.4) is 0 Å². The quantitative estimate of drug-likeness (QED) is 0.288. The molecule has 0 unspecified atom stereocenters.